The molecule has 114 valence electrons. The number of hydrogen-bond donors (Lipinski definition) is 1. The molecule has 0 bridgehead atoms. The normalized spacial score (nSPS) is 17.6. The molecule has 0 saturated heterocycles. The summed E-state index contributed by atoms with van der Waals surface area (Å²) in [6.45, 7) is 0. The Morgan fingerprint density at radius 2 is 2.13 bits per heavy atom. The van der Waals surface area contributed by atoms with Gasteiger partial charge < -0.3 is 9.73 Å². The van der Waals surface area contributed by atoms with Gasteiger partial charge >= 0.3 is 0 Å². The van der Waals surface area contributed by atoms with Crippen molar-refractivity contribution in [2.45, 2.75) is 25.7 Å². The second-order valence-electron chi connectivity index (χ2n) is 5.74. The van der Waals surface area contributed by atoms with Crippen LogP contribution in [-0.4, -0.2) is 5.91 Å². The number of aryl methyl sites for hydroxylation is 1. The van der Waals surface area contributed by atoms with Gasteiger partial charge in [-0.1, -0.05) is 12.1 Å². The fourth-order valence-electron chi connectivity index (χ4n) is 3.26. The Kier molecular flexibility index (Phi) is 3.05. The highest BCUT2D eigenvalue weighted by atomic mass is 19.1. The van der Waals surface area contributed by atoms with Crippen molar-refractivity contribution < 1.29 is 13.6 Å². The zero-order valence-electron chi connectivity index (χ0n) is 12.3. The molecule has 5 heteroatoms. The molecule has 0 unspecified atom stereocenters. The number of benzene rings is 1. The molecular weight excluding hydrogens is 295 g/mol. The van der Waals surface area contributed by atoms with Crippen LogP contribution in [0.3, 0.4) is 0 Å². The lowest BCUT2D eigenvalue weighted by Gasteiger charge is -2.07. The molecule has 0 atom stereocenters. The van der Waals surface area contributed by atoms with E-state index in [0.29, 0.717) is 22.5 Å². The van der Waals surface area contributed by atoms with Gasteiger partial charge in [-0.15, -0.1) is 0 Å². The van der Waals surface area contributed by atoms with E-state index in [4.69, 9.17) is 4.42 Å². The van der Waals surface area contributed by atoms with E-state index < -0.39 is 5.82 Å². The van der Waals surface area contributed by atoms with Crippen molar-refractivity contribution >= 4 is 23.2 Å². The molecule has 0 spiro atoms. The van der Waals surface area contributed by atoms with Crippen LogP contribution in [0, 0.1) is 17.1 Å². The van der Waals surface area contributed by atoms with E-state index in [1.54, 1.807) is 18.2 Å². The lowest BCUT2D eigenvalue weighted by molar-refractivity contribution is -0.110. The zero-order chi connectivity index (χ0) is 16.0. The number of nitrogens with zero attached hydrogens (tertiary/aromatic N) is 1. The summed E-state index contributed by atoms with van der Waals surface area (Å²) in [6.07, 6.45) is 5.26. The summed E-state index contributed by atoms with van der Waals surface area (Å²) in [6, 6.07) is 6.72. The summed E-state index contributed by atoms with van der Waals surface area (Å²) in [4.78, 5) is 12.2. The number of fused-ring (bicyclic) bond motifs is 2. The number of nitriles is 1. The van der Waals surface area contributed by atoms with E-state index in [1.807, 2.05) is 0 Å². The second-order valence-corrected chi connectivity index (χ2v) is 5.74. The van der Waals surface area contributed by atoms with Gasteiger partial charge in [-0.2, -0.15) is 5.26 Å². The number of hydrogen-bond acceptors (Lipinski definition) is 3. The van der Waals surface area contributed by atoms with Crippen LogP contribution in [0.2, 0.25) is 0 Å². The number of carbonyl (C=O) groups is 1. The molecule has 1 aliphatic carbocycles. The molecule has 0 saturated carbocycles. The Bertz CT molecular complexity index is 902. The standard InChI is InChI=1S/C18H13FN2O2/c19-14-6-3-5-11-12(18(22)21-17(11)14)8-16-13(9-20)10-4-1-2-7-15(10)23-16/h3,5-6,8H,1-2,4,7H2,(H,21,22). The number of para-hydroxylation sites is 1. The number of carbonyl (C=O) groups excluding carboxylic acids is 1. The molecule has 1 aromatic heterocycles. The van der Waals surface area contributed by atoms with Crippen LogP contribution in [0.5, 0.6) is 0 Å². The SMILES string of the molecule is N#Cc1c(C=C2C(=O)Nc3c(F)cccc32)oc2c1CCCC2. The topological polar surface area (TPSA) is 66.0 Å². The lowest BCUT2D eigenvalue weighted by atomic mass is 9.94. The fourth-order valence-corrected chi connectivity index (χ4v) is 3.26. The number of rotatable bonds is 1. The molecule has 0 radical (unpaired) electrons. The second kappa shape index (κ2) is 5.10. The monoisotopic (exact) mass is 308 g/mol. The Balaban J connectivity index is 1.87. The number of halogens is 1. The minimum absolute atomic E-state index is 0.179. The van der Waals surface area contributed by atoms with Gasteiger partial charge in [0, 0.05) is 17.5 Å². The van der Waals surface area contributed by atoms with Crippen molar-refractivity contribution in [1.82, 2.24) is 0 Å². The Labute approximate surface area is 132 Å². The van der Waals surface area contributed by atoms with E-state index in [1.165, 1.54) is 6.07 Å². The van der Waals surface area contributed by atoms with Gasteiger partial charge in [-0.25, -0.2) is 4.39 Å². The maximum atomic E-state index is 13.8. The molecule has 2 aromatic rings. The first-order valence-electron chi connectivity index (χ1n) is 7.55. The Morgan fingerprint density at radius 1 is 1.30 bits per heavy atom. The molecule has 2 aliphatic rings. The molecule has 1 aliphatic heterocycles. The molecule has 0 fully saturated rings. The van der Waals surface area contributed by atoms with Crippen LogP contribution in [0.4, 0.5) is 10.1 Å². The number of amides is 1. The van der Waals surface area contributed by atoms with Gasteiger partial charge in [0.05, 0.1) is 11.3 Å². The minimum atomic E-state index is -0.474. The van der Waals surface area contributed by atoms with Gasteiger partial charge in [0.25, 0.3) is 5.91 Å². The third kappa shape index (κ3) is 2.07. The van der Waals surface area contributed by atoms with E-state index in [0.717, 1.165) is 37.0 Å². The van der Waals surface area contributed by atoms with Crippen LogP contribution < -0.4 is 5.32 Å². The summed E-state index contributed by atoms with van der Waals surface area (Å²) >= 11 is 0. The van der Waals surface area contributed by atoms with Crippen LogP contribution >= 0.6 is 0 Å². The summed E-state index contributed by atoms with van der Waals surface area (Å²) in [7, 11) is 0. The summed E-state index contributed by atoms with van der Waals surface area (Å²) in [5, 5.41) is 12.0. The lowest BCUT2D eigenvalue weighted by Crippen LogP contribution is -2.04. The van der Waals surface area contributed by atoms with E-state index in [-0.39, 0.29) is 11.6 Å². The van der Waals surface area contributed by atoms with Crippen molar-refractivity contribution in [3.8, 4) is 6.07 Å². The predicted octanol–water partition coefficient (Wildman–Crippen LogP) is 3.66. The van der Waals surface area contributed by atoms with Crippen LogP contribution in [0.1, 0.15) is 41.1 Å². The van der Waals surface area contributed by atoms with E-state index in [9.17, 15) is 14.4 Å². The van der Waals surface area contributed by atoms with E-state index >= 15 is 0 Å². The zero-order valence-corrected chi connectivity index (χ0v) is 12.3. The minimum Gasteiger partial charge on any atom is -0.460 e. The smallest absolute Gasteiger partial charge is 0.256 e. The fraction of sp³-hybridized carbons (Fsp3) is 0.222. The third-order valence-corrected chi connectivity index (χ3v) is 4.37. The molecule has 4 nitrogen and oxygen atoms in total. The van der Waals surface area contributed by atoms with Crippen LogP contribution in [-0.2, 0) is 17.6 Å². The highest BCUT2D eigenvalue weighted by Crippen LogP contribution is 2.37. The first kappa shape index (κ1) is 13.8. The van der Waals surface area contributed by atoms with Crippen molar-refractivity contribution in [3.63, 3.8) is 0 Å². The van der Waals surface area contributed by atoms with Crippen LogP contribution in [0.15, 0.2) is 22.6 Å². The van der Waals surface area contributed by atoms with Crippen molar-refractivity contribution in [3.05, 3.63) is 52.2 Å². The van der Waals surface area contributed by atoms with Crippen LogP contribution in [0.25, 0.3) is 11.6 Å². The maximum Gasteiger partial charge on any atom is 0.256 e. The number of anilines is 1. The molecule has 1 aromatic carbocycles. The molecule has 23 heavy (non-hydrogen) atoms. The molecule has 1 N–H and O–H groups in total. The third-order valence-electron chi connectivity index (χ3n) is 4.37. The van der Waals surface area contributed by atoms with Gasteiger partial charge in [0.1, 0.15) is 29.0 Å². The van der Waals surface area contributed by atoms with Gasteiger partial charge in [-0.05, 0) is 31.4 Å². The number of nitrogens with one attached hydrogen (secondary N) is 1. The maximum absolute atomic E-state index is 13.8. The quantitative estimate of drug-likeness (QED) is 0.818. The van der Waals surface area contributed by atoms with Crippen molar-refractivity contribution in [2.24, 2.45) is 0 Å². The predicted molar refractivity (Wildman–Crippen MR) is 83.0 cm³/mol. The highest BCUT2D eigenvalue weighted by molar-refractivity contribution is 6.34. The van der Waals surface area contributed by atoms with E-state index in [2.05, 4.69) is 11.4 Å². The van der Waals surface area contributed by atoms with Gasteiger partial charge in [-0.3, -0.25) is 4.79 Å². The molecule has 2 heterocycles. The molecule has 1 amide bonds. The summed E-state index contributed by atoms with van der Waals surface area (Å²) in [5.41, 5.74) is 2.43. The number of furan rings is 1. The first-order valence-corrected chi connectivity index (χ1v) is 7.55. The van der Waals surface area contributed by atoms with Crippen molar-refractivity contribution in [2.75, 3.05) is 5.32 Å². The molecular formula is C18H13FN2O2. The Morgan fingerprint density at radius 3 is 2.96 bits per heavy atom. The van der Waals surface area contributed by atoms with Gasteiger partial charge in [0.2, 0.25) is 0 Å². The molecule has 4 rings (SSSR count). The van der Waals surface area contributed by atoms with Crippen molar-refractivity contribution in [1.29, 1.82) is 5.26 Å². The average molecular weight is 308 g/mol. The largest absolute Gasteiger partial charge is 0.460 e. The summed E-state index contributed by atoms with van der Waals surface area (Å²) < 4.78 is 19.6. The first-order chi connectivity index (χ1) is 11.2. The average Bonchev–Trinajstić information content (AvgIpc) is 3.07. The highest BCUT2D eigenvalue weighted by Gasteiger charge is 2.28. The summed E-state index contributed by atoms with van der Waals surface area (Å²) in [5.74, 6) is 0.362. The van der Waals surface area contributed by atoms with Gasteiger partial charge in [0.15, 0.2) is 0 Å². The Hall–Kier alpha value is -2.87.